The summed E-state index contributed by atoms with van der Waals surface area (Å²) in [7, 11) is 0. The Balaban J connectivity index is 1.18. The van der Waals surface area contributed by atoms with Gasteiger partial charge in [-0.25, -0.2) is 8.78 Å². The van der Waals surface area contributed by atoms with Crippen LogP contribution in [-0.4, -0.2) is 111 Å². The van der Waals surface area contributed by atoms with Gasteiger partial charge in [-0.05, 0) is 50.5 Å². The van der Waals surface area contributed by atoms with E-state index in [-0.39, 0.29) is 58.8 Å². The predicted molar refractivity (Wildman–Crippen MR) is 170 cm³/mol. The number of fused-ring (bicyclic) bond motifs is 5. The molecule has 5 unspecified atom stereocenters. The zero-order chi connectivity index (χ0) is 31.7. The van der Waals surface area contributed by atoms with Crippen molar-refractivity contribution in [2.45, 2.75) is 80.0 Å². The highest BCUT2D eigenvalue weighted by Crippen LogP contribution is 2.48. The number of halogens is 3. The summed E-state index contributed by atoms with van der Waals surface area (Å²) in [6.07, 6.45) is 7.35. The van der Waals surface area contributed by atoms with E-state index in [0.29, 0.717) is 69.3 Å². The predicted octanol–water partition coefficient (Wildman–Crippen LogP) is 2.93. The standard InChI is InChI=1S/C32H41ClF2N10O2/c33-23-9-24-21(12-37-41-24)26-20(23)3-1-6-45-38-13-25(42-45)18-14-43(7-8-46-16-18)30-22-11-36-29(26)27(35)28(22)39-31(40-30)47-17-32-4-2-5-44(32)15-19(34)10-32/h11,13,18-21,23-24,26,37,41H,1-10,12,14-17H2/t18-,19-,20?,21?,23?,24?,26?,32+/m1/s1. The maximum atomic E-state index is 17.2. The van der Waals surface area contributed by atoms with E-state index in [1.54, 1.807) is 11.0 Å². The number of ether oxygens (including phenoxy) is 2. The first-order chi connectivity index (χ1) is 23.0. The number of hydrazine groups is 1. The largest absolute Gasteiger partial charge is 0.461 e. The molecule has 0 amide bonds. The van der Waals surface area contributed by atoms with E-state index in [1.165, 1.54) is 0 Å². The smallest absolute Gasteiger partial charge is 0.319 e. The minimum atomic E-state index is -0.880. The first kappa shape index (κ1) is 30.3. The summed E-state index contributed by atoms with van der Waals surface area (Å²) in [4.78, 5) is 20.6. The molecular weight excluding hydrogens is 630 g/mol. The lowest BCUT2D eigenvalue weighted by Gasteiger charge is -2.42. The van der Waals surface area contributed by atoms with Gasteiger partial charge in [0.25, 0.3) is 0 Å². The van der Waals surface area contributed by atoms with Crippen LogP contribution in [0.5, 0.6) is 6.01 Å². The summed E-state index contributed by atoms with van der Waals surface area (Å²) >= 11 is 7.12. The van der Waals surface area contributed by atoms with Crippen molar-refractivity contribution in [1.29, 1.82) is 0 Å². The van der Waals surface area contributed by atoms with Gasteiger partial charge in [-0.1, -0.05) is 0 Å². The molecule has 6 aliphatic heterocycles. The van der Waals surface area contributed by atoms with Crippen LogP contribution in [-0.2, 0) is 11.3 Å². The van der Waals surface area contributed by atoms with E-state index in [9.17, 15) is 4.39 Å². The molecule has 3 aromatic heterocycles. The number of hydrogen-bond donors (Lipinski definition) is 2. The highest BCUT2D eigenvalue weighted by atomic mass is 35.5. The van der Waals surface area contributed by atoms with Gasteiger partial charge in [0.1, 0.15) is 24.1 Å². The first-order valence-corrected chi connectivity index (χ1v) is 17.6. The third-order valence-electron chi connectivity index (χ3n) is 11.7. The molecule has 2 N–H and O–H groups in total. The number of anilines is 1. The van der Waals surface area contributed by atoms with Gasteiger partial charge >= 0.3 is 6.01 Å². The molecule has 1 saturated carbocycles. The average molecular weight is 671 g/mol. The van der Waals surface area contributed by atoms with Gasteiger partial charge < -0.3 is 14.4 Å². The fourth-order valence-corrected chi connectivity index (χ4v) is 9.85. The molecule has 8 atom stereocenters. The molecular formula is C32H41ClF2N10O2. The van der Waals surface area contributed by atoms with E-state index < -0.39 is 12.0 Å². The molecule has 3 aromatic rings. The maximum Gasteiger partial charge on any atom is 0.319 e. The van der Waals surface area contributed by atoms with Crippen molar-refractivity contribution in [1.82, 2.24) is 45.7 Å². The molecule has 0 spiro atoms. The second kappa shape index (κ2) is 12.0. The zero-order valence-corrected chi connectivity index (χ0v) is 27.1. The number of nitrogens with one attached hydrogen (secondary N) is 2. The van der Waals surface area contributed by atoms with Gasteiger partial charge in [-0.2, -0.15) is 25.0 Å². The van der Waals surface area contributed by atoms with Gasteiger partial charge in [0.15, 0.2) is 5.82 Å². The normalized spacial score (nSPS) is 35.6. The number of pyridine rings is 1. The summed E-state index contributed by atoms with van der Waals surface area (Å²) in [6, 6.07) is 0.211. The van der Waals surface area contributed by atoms with Crippen molar-refractivity contribution >= 4 is 28.3 Å². The number of rotatable bonds is 3. The minimum Gasteiger partial charge on any atom is -0.461 e. The SMILES string of the molecule is Fc1c2ncc3c(nc(OC[C@@]45CCCN4C[C@H](F)C5)nc13)N1CCOC[C@@H](C1)c1cnn(n1)CCCC1C(Cl)CC3NNCC3C21. The number of hydrogen-bond acceptors (Lipinski definition) is 11. The van der Waals surface area contributed by atoms with Crippen LogP contribution >= 0.6 is 11.6 Å². The van der Waals surface area contributed by atoms with Crippen molar-refractivity contribution < 1.29 is 18.3 Å². The van der Waals surface area contributed by atoms with E-state index in [0.717, 1.165) is 44.3 Å². The lowest BCUT2D eigenvalue weighted by molar-refractivity contribution is 0.107. The fraction of sp³-hybridized carbons (Fsp3) is 0.719. The summed E-state index contributed by atoms with van der Waals surface area (Å²) < 4.78 is 44.2. The van der Waals surface area contributed by atoms with Gasteiger partial charge in [0, 0.05) is 62.1 Å². The molecule has 12 nitrogen and oxygen atoms in total. The maximum absolute atomic E-state index is 17.2. The van der Waals surface area contributed by atoms with E-state index in [4.69, 9.17) is 41.1 Å². The topological polar surface area (TPSA) is 118 Å². The van der Waals surface area contributed by atoms with Crippen LogP contribution in [0.3, 0.4) is 0 Å². The number of aromatic nitrogens is 6. The zero-order valence-electron chi connectivity index (χ0n) is 26.3. The summed E-state index contributed by atoms with van der Waals surface area (Å²) in [5.41, 5.74) is 7.72. The molecule has 4 saturated heterocycles. The molecule has 7 aliphatic rings. The lowest BCUT2D eigenvalue weighted by atomic mass is 9.66. The van der Waals surface area contributed by atoms with Crippen LogP contribution in [0.1, 0.15) is 61.7 Å². The average Bonchev–Trinajstić information content (AvgIpc) is 3.82. The fourth-order valence-electron chi connectivity index (χ4n) is 9.37. The van der Waals surface area contributed by atoms with Crippen molar-refractivity contribution in [2.24, 2.45) is 11.8 Å². The Morgan fingerprint density at radius 2 is 2.06 bits per heavy atom. The van der Waals surface area contributed by atoms with Gasteiger partial charge in [-0.15, -0.1) is 11.6 Å². The highest BCUT2D eigenvalue weighted by Gasteiger charge is 2.50. The first-order valence-electron chi connectivity index (χ1n) is 17.2. The Labute approximate surface area is 276 Å². The third-order valence-corrected chi connectivity index (χ3v) is 12.2. The monoisotopic (exact) mass is 670 g/mol. The van der Waals surface area contributed by atoms with Crippen LogP contribution in [0, 0.1) is 17.7 Å². The quantitative estimate of drug-likeness (QED) is 0.401. The van der Waals surface area contributed by atoms with Crippen LogP contribution in [0.25, 0.3) is 10.9 Å². The molecule has 0 aromatic carbocycles. The molecule has 8 bridgehead atoms. The summed E-state index contributed by atoms with van der Waals surface area (Å²) in [5, 5.41) is 9.82. The van der Waals surface area contributed by atoms with Gasteiger partial charge in [0.05, 0.1) is 48.3 Å². The summed E-state index contributed by atoms with van der Waals surface area (Å²) in [5.74, 6) is -0.0633. The van der Waals surface area contributed by atoms with Crippen molar-refractivity contribution in [2.75, 3.05) is 57.4 Å². The Morgan fingerprint density at radius 1 is 1.13 bits per heavy atom. The molecule has 47 heavy (non-hydrogen) atoms. The van der Waals surface area contributed by atoms with E-state index in [2.05, 4.69) is 25.8 Å². The van der Waals surface area contributed by atoms with Gasteiger partial charge in [-0.3, -0.25) is 20.7 Å². The van der Waals surface area contributed by atoms with Crippen molar-refractivity contribution in [3.63, 3.8) is 0 Å². The van der Waals surface area contributed by atoms with Crippen molar-refractivity contribution in [3.8, 4) is 6.01 Å². The molecule has 10 rings (SSSR count). The molecule has 1 aliphatic carbocycles. The van der Waals surface area contributed by atoms with Gasteiger partial charge in [0.2, 0.25) is 0 Å². The number of alkyl halides is 2. The Kier molecular flexibility index (Phi) is 7.72. The Morgan fingerprint density at radius 3 is 3.00 bits per heavy atom. The van der Waals surface area contributed by atoms with Crippen LogP contribution in [0.4, 0.5) is 14.6 Å². The molecule has 9 heterocycles. The Bertz CT molecular complexity index is 1650. The Hall–Kier alpha value is -2.78. The van der Waals surface area contributed by atoms with Crippen LogP contribution in [0.15, 0.2) is 12.4 Å². The van der Waals surface area contributed by atoms with E-state index >= 15 is 4.39 Å². The molecule has 252 valence electrons. The summed E-state index contributed by atoms with van der Waals surface area (Å²) in [6.45, 7) is 4.94. The highest BCUT2D eigenvalue weighted by molar-refractivity contribution is 6.21. The number of nitrogens with zero attached hydrogens (tertiary/aromatic N) is 8. The molecule has 15 heteroatoms. The second-order valence-electron chi connectivity index (χ2n) is 14.4. The third kappa shape index (κ3) is 5.25. The van der Waals surface area contributed by atoms with E-state index in [1.807, 2.05) is 6.20 Å². The minimum absolute atomic E-state index is 0.00206. The lowest BCUT2D eigenvalue weighted by Crippen LogP contribution is -2.45. The second-order valence-corrected chi connectivity index (χ2v) is 14.9. The molecule has 5 fully saturated rings. The van der Waals surface area contributed by atoms with Crippen LogP contribution < -0.4 is 20.5 Å². The number of aryl methyl sites for hydroxylation is 1. The molecule has 0 radical (unpaired) electrons. The van der Waals surface area contributed by atoms with Crippen LogP contribution in [0.2, 0.25) is 0 Å². The van der Waals surface area contributed by atoms with Crippen molar-refractivity contribution in [3.05, 3.63) is 29.6 Å².